The summed E-state index contributed by atoms with van der Waals surface area (Å²) in [7, 11) is 0. The maximum Gasteiger partial charge on any atom is 0.249 e. The normalized spacial score (nSPS) is 13.6. The Morgan fingerprint density at radius 2 is 0.545 bits per heavy atom. The predicted octanol–water partition coefficient (Wildman–Crippen LogP) is 21.7. The van der Waals surface area contributed by atoms with Crippen LogP contribution in [0.5, 0.6) is 0 Å². The molecular formula is C71H139NO5. The Labute approximate surface area is 482 Å². The van der Waals surface area contributed by atoms with Crippen molar-refractivity contribution in [2.45, 2.75) is 417 Å². The molecule has 0 aromatic heterocycles. The summed E-state index contributed by atoms with van der Waals surface area (Å²) >= 11 is 0. The number of rotatable bonds is 66. The van der Waals surface area contributed by atoms with Crippen LogP contribution in [0.3, 0.4) is 0 Å². The van der Waals surface area contributed by atoms with Gasteiger partial charge in [0.15, 0.2) is 0 Å². The summed E-state index contributed by atoms with van der Waals surface area (Å²) in [5.74, 6) is -0.589. The van der Waals surface area contributed by atoms with Crippen LogP contribution in [0.1, 0.15) is 393 Å². The molecule has 4 atom stereocenters. The molecule has 458 valence electrons. The number of nitrogens with one attached hydrogen (secondary N) is 1. The molecule has 0 fully saturated rings. The lowest BCUT2D eigenvalue weighted by atomic mass is 10.00. The van der Waals surface area contributed by atoms with Gasteiger partial charge in [-0.25, -0.2) is 0 Å². The van der Waals surface area contributed by atoms with Crippen molar-refractivity contribution in [3.63, 3.8) is 0 Å². The van der Waals surface area contributed by atoms with E-state index in [1.54, 1.807) is 0 Å². The summed E-state index contributed by atoms with van der Waals surface area (Å²) in [6.07, 6.45) is 83.2. The molecule has 0 aliphatic rings. The lowest BCUT2D eigenvalue weighted by Gasteiger charge is -2.27. The summed E-state index contributed by atoms with van der Waals surface area (Å²) in [5, 5.41) is 44.2. The summed E-state index contributed by atoms with van der Waals surface area (Å²) in [6, 6.07) is -1.01. The fourth-order valence-corrected chi connectivity index (χ4v) is 11.4. The van der Waals surface area contributed by atoms with Gasteiger partial charge in [-0.15, -0.1) is 0 Å². The van der Waals surface area contributed by atoms with Gasteiger partial charge in [0, 0.05) is 0 Å². The van der Waals surface area contributed by atoms with E-state index in [1.807, 2.05) is 0 Å². The molecule has 0 rings (SSSR count). The standard InChI is InChI=1S/C71H139NO5/c1-3-5-7-9-11-13-15-17-19-21-23-25-27-29-31-33-35-37-38-40-42-44-46-48-50-52-54-56-58-60-62-64-68(74)70(76)67(66-73)72-71(77)69(75)65-63-61-59-57-55-53-51-49-47-45-43-41-39-36-34-32-30-28-26-24-22-20-18-16-14-12-10-8-6-4-2/h48,50,56,58,67-70,73-76H,3-47,49,51-55,57,59-66H2,1-2H3,(H,72,77)/b50-48+,58-56+. The van der Waals surface area contributed by atoms with Crippen molar-refractivity contribution in [2.75, 3.05) is 6.61 Å². The Morgan fingerprint density at radius 1 is 0.312 bits per heavy atom. The Morgan fingerprint density at radius 3 is 0.818 bits per heavy atom. The minimum Gasteiger partial charge on any atom is -0.394 e. The molecule has 0 saturated heterocycles. The van der Waals surface area contributed by atoms with Crippen molar-refractivity contribution in [3.05, 3.63) is 24.3 Å². The second-order valence-electron chi connectivity index (χ2n) is 24.6. The maximum absolute atomic E-state index is 12.7. The van der Waals surface area contributed by atoms with E-state index >= 15 is 0 Å². The van der Waals surface area contributed by atoms with Crippen LogP contribution in [0.2, 0.25) is 0 Å². The minimum absolute atomic E-state index is 0.365. The monoisotopic (exact) mass is 1090 g/mol. The second kappa shape index (κ2) is 65.6. The third kappa shape index (κ3) is 59.2. The first-order chi connectivity index (χ1) is 38.0. The Kier molecular flexibility index (Phi) is 64.6. The molecule has 1 amide bonds. The average Bonchev–Trinajstić information content (AvgIpc) is 3.43. The van der Waals surface area contributed by atoms with E-state index in [4.69, 9.17) is 0 Å². The van der Waals surface area contributed by atoms with Gasteiger partial charge in [-0.2, -0.15) is 0 Å². The van der Waals surface area contributed by atoms with Crippen molar-refractivity contribution in [1.29, 1.82) is 0 Å². The average molecular weight is 1090 g/mol. The first-order valence-electron chi connectivity index (χ1n) is 35.2. The van der Waals surface area contributed by atoms with Crippen molar-refractivity contribution in [3.8, 4) is 0 Å². The highest BCUT2D eigenvalue weighted by Crippen LogP contribution is 2.20. The molecule has 0 aliphatic heterocycles. The lowest BCUT2D eigenvalue weighted by molar-refractivity contribution is -0.132. The second-order valence-corrected chi connectivity index (χ2v) is 24.6. The fraction of sp³-hybridized carbons (Fsp3) is 0.930. The largest absolute Gasteiger partial charge is 0.394 e. The number of amides is 1. The Bertz CT molecular complexity index is 1170. The number of unbranched alkanes of at least 4 members (excludes halogenated alkanes) is 53. The third-order valence-corrected chi connectivity index (χ3v) is 16.9. The molecule has 0 aromatic rings. The van der Waals surface area contributed by atoms with Crippen LogP contribution in [0, 0.1) is 0 Å². The van der Waals surface area contributed by atoms with Gasteiger partial charge in [0.25, 0.3) is 0 Å². The number of hydrogen-bond acceptors (Lipinski definition) is 5. The quantitative estimate of drug-likeness (QED) is 0.0308. The summed E-state index contributed by atoms with van der Waals surface area (Å²) in [4.78, 5) is 12.7. The zero-order chi connectivity index (χ0) is 55.8. The van der Waals surface area contributed by atoms with Crippen LogP contribution in [-0.4, -0.2) is 57.3 Å². The number of aliphatic hydroxyl groups is 4. The van der Waals surface area contributed by atoms with Crippen LogP contribution in [0.4, 0.5) is 0 Å². The molecule has 0 saturated carbocycles. The molecule has 0 bridgehead atoms. The van der Waals surface area contributed by atoms with Gasteiger partial charge in [0.1, 0.15) is 12.2 Å². The van der Waals surface area contributed by atoms with Crippen LogP contribution >= 0.6 is 0 Å². The van der Waals surface area contributed by atoms with Crippen LogP contribution in [0.25, 0.3) is 0 Å². The molecule has 0 heterocycles. The molecule has 0 aliphatic carbocycles. The Balaban J connectivity index is 3.57. The first-order valence-corrected chi connectivity index (χ1v) is 35.2. The Hall–Kier alpha value is -1.21. The first kappa shape index (κ1) is 75.8. The molecule has 4 unspecified atom stereocenters. The third-order valence-electron chi connectivity index (χ3n) is 16.9. The van der Waals surface area contributed by atoms with E-state index < -0.39 is 36.9 Å². The van der Waals surface area contributed by atoms with Gasteiger partial charge in [0.2, 0.25) is 5.91 Å². The van der Waals surface area contributed by atoms with E-state index in [0.29, 0.717) is 19.3 Å². The molecular weight excluding hydrogens is 947 g/mol. The lowest BCUT2D eigenvalue weighted by Crippen LogP contribution is -2.53. The SMILES string of the molecule is CCCCCCCCCCCCCCCCCCCCCCCC/C=C/CC/C=C/CCCC(O)C(O)C(CO)NC(=O)C(O)CCCCCCCCCCCCCCCCCCCCCCCCCCCCCCCC. The van der Waals surface area contributed by atoms with Gasteiger partial charge < -0.3 is 25.7 Å². The topological polar surface area (TPSA) is 110 Å². The summed E-state index contributed by atoms with van der Waals surface area (Å²) in [5.41, 5.74) is 0. The van der Waals surface area contributed by atoms with E-state index in [9.17, 15) is 25.2 Å². The van der Waals surface area contributed by atoms with Gasteiger partial charge in [0.05, 0.1) is 18.8 Å². The van der Waals surface area contributed by atoms with Crippen molar-refractivity contribution in [1.82, 2.24) is 5.32 Å². The summed E-state index contributed by atoms with van der Waals surface area (Å²) in [6.45, 7) is 4.10. The zero-order valence-electron chi connectivity index (χ0n) is 52.2. The highest BCUT2D eigenvalue weighted by molar-refractivity contribution is 5.80. The number of allylic oxidation sites excluding steroid dienone is 4. The van der Waals surface area contributed by atoms with Gasteiger partial charge >= 0.3 is 0 Å². The molecule has 0 radical (unpaired) electrons. The number of carbonyl (C=O) groups excluding carboxylic acids is 1. The molecule has 6 heteroatoms. The smallest absolute Gasteiger partial charge is 0.249 e. The predicted molar refractivity (Wildman–Crippen MR) is 339 cm³/mol. The van der Waals surface area contributed by atoms with Crippen molar-refractivity contribution >= 4 is 5.91 Å². The molecule has 6 nitrogen and oxygen atoms in total. The molecule has 5 N–H and O–H groups in total. The van der Waals surface area contributed by atoms with E-state index in [-0.39, 0.29) is 0 Å². The van der Waals surface area contributed by atoms with Crippen molar-refractivity contribution in [2.24, 2.45) is 0 Å². The van der Waals surface area contributed by atoms with Gasteiger partial charge in [-0.05, 0) is 51.4 Å². The molecule has 0 aromatic carbocycles. The van der Waals surface area contributed by atoms with Crippen molar-refractivity contribution < 1.29 is 25.2 Å². The van der Waals surface area contributed by atoms with E-state index in [2.05, 4.69) is 43.5 Å². The van der Waals surface area contributed by atoms with Crippen LogP contribution < -0.4 is 5.32 Å². The number of carbonyl (C=O) groups is 1. The van der Waals surface area contributed by atoms with E-state index in [0.717, 1.165) is 38.5 Å². The highest BCUT2D eigenvalue weighted by atomic mass is 16.3. The number of hydrogen-bond donors (Lipinski definition) is 5. The minimum atomic E-state index is -1.29. The zero-order valence-corrected chi connectivity index (χ0v) is 52.2. The highest BCUT2D eigenvalue weighted by Gasteiger charge is 2.28. The fourth-order valence-electron chi connectivity index (χ4n) is 11.4. The maximum atomic E-state index is 12.7. The molecule has 77 heavy (non-hydrogen) atoms. The van der Waals surface area contributed by atoms with Crippen LogP contribution in [0.15, 0.2) is 24.3 Å². The van der Waals surface area contributed by atoms with E-state index in [1.165, 1.54) is 321 Å². The van der Waals surface area contributed by atoms with Gasteiger partial charge in [-0.1, -0.05) is 366 Å². The summed E-state index contributed by atoms with van der Waals surface area (Å²) < 4.78 is 0. The number of aliphatic hydroxyl groups excluding tert-OH is 4. The van der Waals surface area contributed by atoms with Gasteiger partial charge in [-0.3, -0.25) is 4.79 Å². The molecule has 0 spiro atoms. The van der Waals surface area contributed by atoms with Crippen LogP contribution in [-0.2, 0) is 4.79 Å².